The van der Waals surface area contributed by atoms with Crippen molar-refractivity contribution in [2.45, 2.75) is 19.3 Å². The Morgan fingerprint density at radius 2 is 1.43 bits per heavy atom. The van der Waals surface area contributed by atoms with Crippen molar-refractivity contribution < 1.29 is 4.74 Å². The maximum atomic E-state index is 7.64. The van der Waals surface area contributed by atoms with E-state index in [0.717, 1.165) is 17.9 Å². The molecule has 3 N–H and O–H groups in total. The Morgan fingerprint density at radius 1 is 0.893 bits per heavy atom. The van der Waals surface area contributed by atoms with Gasteiger partial charge in [-0.05, 0) is 48.7 Å². The van der Waals surface area contributed by atoms with Gasteiger partial charge in [0.15, 0.2) is 5.96 Å². The highest BCUT2D eigenvalue weighted by molar-refractivity contribution is 5.92. The number of hydrogen-bond donors (Lipinski definition) is 2. The van der Waals surface area contributed by atoms with E-state index in [1.807, 2.05) is 43.3 Å². The van der Waals surface area contributed by atoms with Gasteiger partial charge in [0.2, 0.25) is 0 Å². The molecule has 3 aromatic carbocycles. The molecule has 3 aromatic rings. The average Bonchev–Trinajstić information content (AvgIpc) is 2.74. The van der Waals surface area contributed by atoms with Crippen molar-refractivity contribution in [2.24, 2.45) is 5.73 Å². The molecule has 144 valence electrons. The van der Waals surface area contributed by atoms with Crippen molar-refractivity contribution in [1.29, 1.82) is 5.41 Å². The first-order valence-electron chi connectivity index (χ1n) is 9.63. The van der Waals surface area contributed by atoms with Gasteiger partial charge >= 0.3 is 0 Å². The van der Waals surface area contributed by atoms with Gasteiger partial charge < -0.3 is 15.4 Å². The lowest BCUT2D eigenvalue weighted by molar-refractivity contribution is 0.304. The molecule has 0 aliphatic heterocycles. The first-order valence-corrected chi connectivity index (χ1v) is 9.63. The smallest absolute Gasteiger partial charge is 0.192 e. The molecule has 0 heterocycles. The molecule has 0 radical (unpaired) electrons. The highest BCUT2D eigenvalue weighted by Crippen LogP contribution is 2.28. The van der Waals surface area contributed by atoms with Crippen LogP contribution >= 0.6 is 0 Å². The highest BCUT2D eigenvalue weighted by atomic mass is 16.5. The zero-order valence-corrected chi connectivity index (χ0v) is 16.2. The van der Waals surface area contributed by atoms with Gasteiger partial charge in [-0.25, -0.2) is 0 Å². The van der Waals surface area contributed by atoms with Crippen molar-refractivity contribution in [2.75, 3.05) is 18.1 Å². The number of guanidine groups is 1. The van der Waals surface area contributed by atoms with Gasteiger partial charge in [0.25, 0.3) is 0 Å². The van der Waals surface area contributed by atoms with Crippen LogP contribution in [0.1, 0.15) is 30.4 Å². The number of benzene rings is 3. The number of nitrogens with zero attached hydrogens (tertiary/aromatic N) is 1. The molecule has 0 spiro atoms. The molecule has 0 aliphatic carbocycles. The standard InChI is InChI=1S/C24H27N3O/c1-2-27(24(25)26)21-13-15-22(16-14-21)28-18-17-23(19-9-5-3-6-10-19)20-11-7-4-8-12-20/h3-16,23H,2,17-18H2,1H3,(H3,25,26). The Morgan fingerprint density at radius 3 is 1.89 bits per heavy atom. The minimum absolute atomic E-state index is 0.0460. The highest BCUT2D eigenvalue weighted by Gasteiger charge is 2.14. The van der Waals surface area contributed by atoms with Crippen LogP contribution in [-0.2, 0) is 0 Å². The van der Waals surface area contributed by atoms with Gasteiger partial charge in [-0.2, -0.15) is 0 Å². The number of hydrogen-bond acceptors (Lipinski definition) is 2. The lowest BCUT2D eigenvalue weighted by Gasteiger charge is -2.21. The molecule has 0 aromatic heterocycles. The summed E-state index contributed by atoms with van der Waals surface area (Å²) < 4.78 is 6.00. The van der Waals surface area contributed by atoms with E-state index in [9.17, 15) is 0 Å². The third kappa shape index (κ3) is 4.92. The zero-order chi connectivity index (χ0) is 19.8. The van der Waals surface area contributed by atoms with Gasteiger partial charge in [-0.3, -0.25) is 5.41 Å². The molecule has 0 aliphatic rings. The van der Waals surface area contributed by atoms with Crippen LogP contribution < -0.4 is 15.4 Å². The molecule has 0 bridgehead atoms. The Kier molecular flexibility index (Phi) is 6.68. The minimum atomic E-state index is 0.0460. The van der Waals surface area contributed by atoms with E-state index >= 15 is 0 Å². The third-order valence-electron chi connectivity index (χ3n) is 4.83. The summed E-state index contributed by atoms with van der Waals surface area (Å²) in [5.74, 6) is 1.17. The van der Waals surface area contributed by atoms with E-state index in [0.29, 0.717) is 19.1 Å². The fraction of sp³-hybridized carbons (Fsp3) is 0.208. The van der Waals surface area contributed by atoms with Crippen molar-refractivity contribution in [3.63, 3.8) is 0 Å². The zero-order valence-electron chi connectivity index (χ0n) is 16.2. The van der Waals surface area contributed by atoms with Gasteiger partial charge in [0.1, 0.15) is 5.75 Å². The van der Waals surface area contributed by atoms with Crippen LogP contribution in [0, 0.1) is 5.41 Å². The lowest BCUT2D eigenvalue weighted by Crippen LogP contribution is -2.36. The third-order valence-corrected chi connectivity index (χ3v) is 4.83. The number of rotatable bonds is 8. The monoisotopic (exact) mass is 373 g/mol. The largest absolute Gasteiger partial charge is 0.494 e. The number of nitrogens with two attached hydrogens (primary N) is 1. The van der Waals surface area contributed by atoms with Crippen LogP contribution in [0.3, 0.4) is 0 Å². The van der Waals surface area contributed by atoms with Crippen LogP contribution in [0.15, 0.2) is 84.9 Å². The maximum Gasteiger partial charge on any atom is 0.192 e. The fourth-order valence-electron chi connectivity index (χ4n) is 3.41. The van der Waals surface area contributed by atoms with Gasteiger partial charge in [0, 0.05) is 18.2 Å². The lowest BCUT2D eigenvalue weighted by atomic mass is 9.89. The second-order valence-electron chi connectivity index (χ2n) is 6.63. The Hall–Kier alpha value is -3.27. The summed E-state index contributed by atoms with van der Waals surface area (Å²) >= 11 is 0. The summed E-state index contributed by atoms with van der Waals surface area (Å²) in [4.78, 5) is 1.74. The van der Waals surface area contributed by atoms with Crippen LogP contribution in [0.5, 0.6) is 5.75 Å². The van der Waals surface area contributed by atoms with Crippen LogP contribution in [-0.4, -0.2) is 19.1 Å². The van der Waals surface area contributed by atoms with E-state index < -0.39 is 0 Å². The summed E-state index contributed by atoms with van der Waals surface area (Å²) in [6.07, 6.45) is 0.893. The second-order valence-corrected chi connectivity index (χ2v) is 6.63. The molecule has 28 heavy (non-hydrogen) atoms. The summed E-state index contributed by atoms with van der Waals surface area (Å²) in [7, 11) is 0. The van der Waals surface area contributed by atoms with E-state index in [1.165, 1.54) is 11.1 Å². The van der Waals surface area contributed by atoms with Gasteiger partial charge in [-0.15, -0.1) is 0 Å². The maximum absolute atomic E-state index is 7.64. The van der Waals surface area contributed by atoms with Crippen LogP contribution in [0.4, 0.5) is 5.69 Å². The summed E-state index contributed by atoms with van der Waals surface area (Å²) in [5.41, 5.74) is 9.11. The Labute approximate surface area is 167 Å². The average molecular weight is 374 g/mol. The molecule has 3 rings (SSSR count). The van der Waals surface area contributed by atoms with Crippen LogP contribution in [0.2, 0.25) is 0 Å². The predicted octanol–water partition coefficient (Wildman–Crippen LogP) is 5.01. The molecular weight excluding hydrogens is 346 g/mol. The van der Waals surface area contributed by atoms with E-state index in [-0.39, 0.29) is 5.96 Å². The first kappa shape index (κ1) is 19.5. The minimum Gasteiger partial charge on any atom is -0.494 e. The normalized spacial score (nSPS) is 10.6. The van der Waals surface area contributed by atoms with Crippen molar-refractivity contribution >= 4 is 11.6 Å². The molecule has 0 unspecified atom stereocenters. The molecule has 0 saturated heterocycles. The van der Waals surface area contributed by atoms with Gasteiger partial charge in [0.05, 0.1) is 6.61 Å². The molecule has 0 fully saturated rings. The summed E-state index contributed by atoms with van der Waals surface area (Å²) in [5, 5.41) is 7.64. The molecule has 0 atom stereocenters. The van der Waals surface area contributed by atoms with Crippen LogP contribution in [0.25, 0.3) is 0 Å². The van der Waals surface area contributed by atoms with E-state index in [4.69, 9.17) is 15.9 Å². The summed E-state index contributed by atoms with van der Waals surface area (Å²) in [6, 6.07) is 28.9. The molecule has 0 saturated carbocycles. The molecular formula is C24H27N3O. The Balaban J connectivity index is 1.65. The second kappa shape index (κ2) is 9.60. The number of anilines is 1. The SMILES string of the molecule is CCN(C(=N)N)c1ccc(OCCC(c2ccccc2)c2ccccc2)cc1. The number of ether oxygens (including phenoxy) is 1. The molecule has 4 heteroatoms. The predicted molar refractivity (Wildman–Crippen MR) is 116 cm³/mol. The van der Waals surface area contributed by atoms with E-state index in [1.54, 1.807) is 4.90 Å². The summed E-state index contributed by atoms with van der Waals surface area (Å²) in [6.45, 7) is 3.25. The first-order chi connectivity index (χ1) is 13.7. The quantitative estimate of drug-likeness (QED) is 0.431. The van der Waals surface area contributed by atoms with Gasteiger partial charge in [-0.1, -0.05) is 60.7 Å². The fourth-order valence-corrected chi connectivity index (χ4v) is 3.41. The number of nitrogens with one attached hydrogen (secondary N) is 1. The molecule has 4 nitrogen and oxygen atoms in total. The van der Waals surface area contributed by atoms with Crippen molar-refractivity contribution in [1.82, 2.24) is 0 Å². The molecule has 0 amide bonds. The Bertz CT molecular complexity index is 824. The van der Waals surface area contributed by atoms with E-state index in [2.05, 4.69) is 48.5 Å². The van der Waals surface area contributed by atoms with Crippen molar-refractivity contribution in [3.05, 3.63) is 96.1 Å². The van der Waals surface area contributed by atoms with Crippen molar-refractivity contribution in [3.8, 4) is 5.75 Å². The topological polar surface area (TPSA) is 62.3 Å².